The molecule has 34 heavy (non-hydrogen) atoms. The lowest BCUT2D eigenvalue weighted by atomic mass is 9.58. The second-order valence-corrected chi connectivity index (χ2v) is 11.1. The normalized spacial score (nSPS) is 29.1. The van der Waals surface area contributed by atoms with Crippen LogP contribution in [-0.2, 0) is 16.1 Å². The van der Waals surface area contributed by atoms with E-state index in [1.54, 1.807) is 27.0 Å². The average Bonchev–Trinajstić information content (AvgIpc) is 3.37. The number of hydrazone groups is 1. The number of hydrogen-bond acceptors (Lipinski definition) is 5. The Hall–Kier alpha value is -3.23. The Balaban J connectivity index is 1.79. The molecule has 3 atom stereocenters. The lowest BCUT2D eigenvalue weighted by Gasteiger charge is -2.46. The molecule has 3 aliphatic rings. The number of nitrogens with zero attached hydrogens (tertiary/aromatic N) is 4. The van der Waals surface area contributed by atoms with Crippen LogP contribution in [0.15, 0.2) is 41.4 Å². The summed E-state index contributed by atoms with van der Waals surface area (Å²) in [4.78, 5) is 29.7. The molecule has 8 nitrogen and oxygen atoms in total. The van der Waals surface area contributed by atoms with Gasteiger partial charge in [-0.05, 0) is 55.4 Å². The highest BCUT2D eigenvalue weighted by atomic mass is 19.1. The highest BCUT2D eigenvalue weighted by Crippen LogP contribution is 2.55. The molecule has 9 heteroatoms. The van der Waals surface area contributed by atoms with Crippen molar-refractivity contribution < 1.29 is 24.2 Å². The topological polar surface area (TPSA) is 108 Å². The van der Waals surface area contributed by atoms with Gasteiger partial charge < -0.3 is 14.8 Å². The van der Waals surface area contributed by atoms with Crippen LogP contribution >= 0.6 is 0 Å². The number of carboxylic acid groups (broad SMARTS) is 2. The van der Waals surface area contributed by atoms with E-state index in [4.69, 9.17) is 5.10 Å². The highest BCUT2D eigenvalue weighted by Gasteiger charge is 2.67. The van der Waals surface area contributed by atoms with E-state index in [1.807, 2.05) is 22.8 Å². The molecular formula is C25H29FN4O4. The quantitative estimate of drug-likeness (QED) is 0.689. The first kappa shape index (κ1) is 22.6. The number of aliphatic carboxylic acids is 2. The van der Waals surface area contributed by atoms with Crippen LogP contribution < -0.4 is 0 Å². The maximum atomic E-state index is 15.8. The minimum Gasteiger partial charge on any atom is -0.481 e. The molecule has 2 N–H and O–H groups in total. The van der Waals surface area contributed by atoms with Crippen molar-refractivity contribution in [1.29, 1.82) is 0 Å². The second-order valence-electron chi connectivity index (χ2n) is 11.1. The number of carbonyl (C=O) groups is 2. The number of aromatic nitrogens is 2. The molecule has 0 radical (unpaired) electrons. The van der Waals surface area contributed by atoms with Crippen LogP contribution in [-0.4, -0.2) is 55.0 Å². The maximum absolute atomic E-state index is 15.8. The number of carboxylic acids is 2. The van der Waals surface area contributed by atoms with Gasteiger partial charge in [0.15, 0.2) is 0 Å². The summed E-state index contributed by atoms with van der Waals surface area (Å²) in [5, 5.41) is 27.4. The van der Waals surface area contributed by atoms with Crippen molar-refractivity contribution in [3.8, 4) is 0 Å². The molecule has 3 unspecified atom stereocenters. The van der Waals surface area contributed by atoms with E-state index < -0.39 is 40.1 Å². The highest BCUT2D eigenvalue weighted by molar-refractivity contribution is 6.18. The van der Waals surface area contributed by atoms with Crippen molar-refractivity contribution in [2.24, 2.45) is 27.3 Å². The van der Waals surface area contributed by atoms with Gasteiger partial charge in [-0.1, -0.05) is 20.8 Å². The van der Waals surface area contributed by atoms with Crippen LogP contribution in [0.4, 0.5) is 4.39 Å². The third-order valence-electron chi connectivity index (χ3n) is 7.56. The first-order valence-corrected chi connectivity index (χ1v) is 11.6. The van der Waals surface area contributed by atoms with Crippen molar-refractivity contribution in [2.75, 3.05) is 6.54 Å². The Kier molecular flexibility index (Phi) is 4.73. The molecule has 0 aromatic carbocycles. The number of halogens is 1. The van der Waals surface area contributed by atoms with Crippen molar-refractivity contribution in [1.82, 2.24) is 14.6 Å². The van der Waals surface area contributed by atoms with Gasteiger partial charge in [0.2, 0.25) is 0 Å². The summed E-state index contributed by atoms with van der Waals surface area (Å²) in [6.07, 6.45) is 4.93. The van der Waals surface area contributed by atoms with E-state index in [1.165, 1.54) is 11.9 Å². The van der Waals surface area contributed by atoms with E-state index >= 15 is 4.39 Å². The van der Waals surface area contributed by atoms with Crippen molar-refractivity contribution >= 4 is 28.7 Å². The van der Waals surface area contributed by atoms with E-state index in [0.717, 1.165) is 30.0 Å². The fourth-order valence-corrected chi connectivity index (χ4v) is 5.57. The van der Waals surface area contributed by atoms with Gasteiger partial charge in [0, 0.05) is 18.1 Å². The van der Waals surface area contributed by atoms with Crippen LogP contribution in [0.25, 0.3) is 11.0 Å². The molecule has 0 saturated heterocycles. The smallest absolute Gasteiger partial charge is 0.319 e. The number of rotatable bonds is 5. The summed E-state index contributed by atoms with van der Waals surface area (Å²) in [5.41, 5.74) is -2.65. The summed E-state index contributed by atoms with van der Waals surface area (Å²) in [5.74, 6) is -2.68. The summed E-state index contributed by atoms with van der Waals surface area (Å²) in [7, 11) is 0. The van der Waals surface area contributed by atoms with Crippen LogP contribution in [0.2, 0.25) is 0 Å². The van der Waals surface area contributed by atoms with Crippen molar-refractivity contribution in [3.63, 3.8) is 0 Å². The summed E-state index contributed by atoms with van der Waals surface area (Å²) in [6.45, 7) is 7.27. The number of fused-ring (bicyclic) bond motifs is 2. The van der Waals surface area contributed by atoms with Gasteiger partial charge in [-0.15, -0.1) is 0 Å². The number of pyridine rings is 1. The average molecular weight is 469 g/mol. The van der Waals surface area contributed by atoms with Crippen molar-refractivity contribution in [2.45, 2.75) is 53.1 Å². The Labute approximate surface area is 196 Å². The zero-order valence-corrected chi connectivity index (χ0v) is 19.7. The Bertz CT molecular complexity index is 1270. The van der Waals surface area contributed by atoms with Gasteiger partial charge in [0.1, 0.15) is 34.1 Å². The molecular weight excluding hydrogens is 439 g/mol. The SMILES string of the molecule is CC1(C(=O)O)C=C(F)C2N(C1)N=C(c1cc3cccnc3n1CC1CC1)C2(C(=O)O)C(C)(C)C. The van der Waals surface area contributed by atoms with E-state index in [9.17, 15) is 19.8 Å². The van der Waals surface area contributed by atoms with Gasteiger partial charge in [0.05, 0.1) is 12.2 Å². The lowest BCUT2D eigenvalue weighted by Crippen LogP contribution is -2.60. The van der Waals surface area contributed by atoms with Gasteiger partial charge in [0.25, 0.3) is 0 Å². The fraction of sp³-hybridized carbons (Fsp3) is 0.520. The van der Waals surface area contributed by atoms with Gasteiger partial charge in [-0.2, -0.15) is 5.10 Å². The zero-order chi connectivity index (χ0) is 24.6. The molecule has 2 aliphatic heterocycles. The van der Waals surface area contributed by atoms with Crippen LogP contribution in [0, 0.1) is 22.2 Å². The third-order valence-corrected chi connectivity index (χ3v) is 7.56. The molecule has 4 heterocycles. The van der Waals surface area contributed by atoms with E-state index in [2.05, 4.69) is 4.98 Å². The summed E-state index contributed by atoms with van der Waals surface area (Å²) < 4.78 is 17.8. The fourth-order valence-electron chi connectivity index (χ4n) is 5.57. The molecule has 5 rings (SSSR count). The standard InChI is InChI=1S/C25H29FN4O4/c1-23(2,3)25(22(33)34)18(28-30-13-24(4,21(31)32)11-16(26)19(25)30)17-10-15-6-5-9-27-20(15)29(17)12-14-7-8-14/h5-6,9-11,14,19H,7-8,12-13H2,1-4H3,(H,31,32)(H,33,34). The number of hydrogen-bond donors (Lipinski definition) is 2. The van der Waals surface area contributed by atoms with E-state index in [-0.39, 0.29) is 12.3 Å². The Morgan fingerprint density at radius 3 is 2.53 bits per heavy atom. The molecule has 180 valence electrons. The summed E-state index contributed by atoms with van der Waals surface area (Å²) in [6, 6.07) is 4.37. The van der Waals surface area contributed by atoms with Gasteiger partial charge in [-0.3, -0.25) is 14.6 Å². The molecule has 0 spiro atoms. The Morgan fingerprint density at radius 1 is 1.24 bits per heavy atom. The van der Waals surface area contributed by atoms with Crippen molar-refractivity contribution in [3.05, 3.63) is 42.0 Å². The first-order chi connectivity index (χ1) is 15.9. The molecule has 2 aromatic rings. The van der Waals surface area contributed by atoms with Gasteiger partial charge in [-0.25, -0.2) is 9.37 Å². The van der Waals surface area contributed by atoms with Crippen LogP contribution in [0.5, 0.6) is 0 Å². The molecule has 2 aromatic heterocycles. The summed E-state index contributed by atoms with van der Waals surface area (Å²) >= 11 is 0. The third kappa shape index (κ3) is 3.02. The largest absolute Gasteiger partial charge is 0.481 e. The van der Waals surface area contributed by atoms with Crippen LogP contribution in [0.1, 0.15) is 46.2 Å². The minimum absolute atomic E-state index is 0.129. The predicted octanol–water partition coefficient (Wildman–Crippen LogP) is 3.91. The predicted molar refractivity (Wildman–Crippen MR) is 124 cm³/mol. The van der Waals surface area contributed by atoms with E-state index in [0.29, 0.717) is 18.2 Å². The molecule has 0 bridgehead atoms. The monoisotopic (exact) mass is 468 g/mol. The Morgan fingerprint density at radius 2 is 1.94 bits per heavy atom. The molecule has 1 fully saturated rings. The van der Waals surface area contributed by atoms with Crippen LogP contribution in [0.3, 0.4) is 0 Å². The lowest BCUT2D eigenvalue weighted by molar-refractivity contribution is -0.154. The molecule has 1 aliphatic carbocycles. The second kappa shape index (κ2) is 7.13. The molecule has 1 saturated carbocycles. The molecule has 0 amide bonds. The first-order valence-electron chi connectivity index (χ1n) is 11.6. The minimum atomic E-state index is -1.75. The maximum Gasteiger partial charge on any atom is 0.319 e. The zero-order valence-electron chi connectivity index (χ0n) is 19.7. The van der Waals surface area contributed by atoms with Gasteiger partial charge >= 0.3 is 11.9 Å².